The lowest BCUT2D eigenvalue weighted by Gasteiger charge is -1.93. The average molecular weight is 118 g/mol. The number of amides is 1. The molecular weight excluding hydrogens is 110 g/mol. The molecule has 0 bridgehead atoms. The second kappa shape index (κ2) is 4.39. The molecule has 0 aliphatic carbocycles. The van der Waals surface area contributed by atoms with Crippen molar-refractivity contribution in [1.82, 2.24) is 5.32 Å². The fourth-order valence-electron chi connectivity index (χ4n) is 0.224. The molecule has 0 aromatic heterocycles. The largest absolute Gasteiger partial charge is 0.465 e. The number of aliphatic hydroxyl groups excluding tert-OH is 1. The lowest BCUT2D eigenvalue weighted by molar-refractivity contribution is 0.196. The van der Waals surface area contributed by atoms with Crippen LogP contribution in [0.5, 0.6) is 0 Å². The molecule has 0 aliphatic rings. The maximum atomic E-state index is 9.65. The van der Waals surface area contributed by atoms with Crippen molar-refractivity contribution in [3.8, 4) is 0 Å². The van der Waals surface area contributed by atoms with Crippen LogP contribution in [0.15, 0.2) is 0 Å². The maximum Gasteiger partial charge on any atom is 0.404 e. The second-order valence-corrected chi connectivity index (χ2v) is 1.17. The maximum absolute atomic E-state index is 9.65. The summed E-state index contributed by atoms with van der Waals surface area (Å²) in [6.45, 7) is 1.25. The van der Waals surface area contributed by atoms with Gasteiger partial charge in [-0.1, -0.05) is 0 Å². The first kappa shape index (κ1) is 7.23. The third-order valence-electron chi connectivity index (χ3n) is 0.499. The predicted octanol–water partition coefficient (Wildman–Crippen LogP) is -0.202. The molecule has 0 unspecified atom stereocenters. The number of rotatable bonds is 3. The first-order valence-corrected chi connectivity index (χ1v) is 2.19. The fourth-order valence-corrected chi connectivity index (χ4v) is 0.224. The number of aliphatic hydroxyl groups is 1. The Hall–Kier alpha value is -0.770. The van der Waals surface area contributed by atoms with Gasteiger partial charge in [0.1, 0.15) is 0 Å². The first-order valence-electron chi connectivity index (χ1n) is 2.19. The molecule has 4 heteroatoms. The Morgan fingerprint density at radius 3 is 2.75 bits per heavy atom. The summed E-state index contributed by atoms with van der Waals surface area (Å²) < 4.78 is 0. The van der Waals surface area contributed by atoms with Crippen molar-refractivity contribution >= 4 is 6.09 Å². The Morgan fingerprint density at radius 2 is 2.38 bits per heavy atom. The van der Waals surface area contributed by atoms with Gasteiger partial charge in [-0.3, -0.25) is 0 Å². The van der Waals surface area contributed by atoms with Gasteiger partial charge in [0.05, 0.1) is 6.54 Å². The number of nitrogens with one attached hydrogen (secondary N) is 1. The number of hydrogen-bond donors (Lipinski definition) is 3. The zero-order chi connectivity index (χ0) is 6.41. The van der Waals surface area contributed by atoms with Crippen LogP contribution in [0.4, 0.5) is 4.79 Å². The lowest BCUT2D eigenvalue weighted by atomic mass is 10.5. The minimum Gasteiger partial charge on any atom is -0.465 e. The van der Waals surface area contributed by atoms with E-state index in [1.54, 1.807) is 0 Å². The second-order valence-electron chi connectivity index (χ2n) is 1.17. The molecule has 3 N–H and O–H groups in total. The van der Waals surface area contributed by atoms with E-state index in [1.807, 2.05) is 5.32 Å². The summed E-state index contributed by atoms with van der Waals surface area (Å²) in [6, 6.07) is 0. The molecule has 0 saturated heterocycles. The SMILES string of the molecule is O=C(O)N[CH]CCO. The standard InChI is InChI=1S/C4H8NO3/c6-3-1-2-5-4(7)8/h2,5-6H,1,3H2,(H,7,8). The Balaban J connectivity index is 2.82. The molecule has 0 heterocycles. The van der Waals surface area contributed by atoms with Crippen molar-refractivity contribution in [3.63, 3.8) is 0 Å². The Labute approximate surface area is 47.1 Å². The minimum atomic E-state index is -1.10. The van der Waals surface area contributed by atoms with Crippen LogP contribution in [-0.2, 0) is 0 Å². The zero-order valence-corrected chi connectivity index (χ0v) is 4.29. The van der Waals surface area contributed by atoms with Crippen molar-refractivity contribution in [3.05, 3.63) is 6.54 Å². The predicted molar refractivity (Wildman–Crippen MR) is 27.2 cm³/mol. The van der Waals surface area contributed by atoms with Crippen molar-refractivity contribution < 1.29 is 15.0 Å². The van der Waals surface area contributed by atoms with E-state index in [4.69, 9.17) is 10.2 Å². The third kappa shape index (κ3) is 5.23. The van der Waals surface area contributed by atoms with E-state index in [0.29, 0.717) is 6.42 Å². The smallest absolute Gasteiger partial charge is 0.404 e. The minimum absolute atomic E-state index is 0.0275. The third-order valence-corrected chi connectivity index (χ3v) is 0.499. The van der Waals surface area contributed by atoms with E-state index in [2.05, 4.69) is 0 Å². The van der Waals surface area contributed by atoms with Crippen LogP contribution in [0.1, 0.15) is 6.42 Å². The molecule has 47 valence electrons. The number of carboxylic acid groups (broad SMARTS) is 1. The Bertz CT molecular complexity index is 73.7. The lowest BCUT2D eigenvalue weighted by Crippen LogP contribution is -2.17. The van der Waals surface area contributed by atoms with Crippen LogP contribution in [-0.4, -0.2) is 22.9 Å². The average Bonchev–Trinajstić information content (AvgIpc) is 1.66. The van der Waals surface area contributed by atoms with Crippen LogP contribution < -0.4 is 5.32 Å². The quantitative estimate of drug-likeness (QED) is 0.449. The molecule has 0 rings (SSSR count). The molecule has 1 amide bonds. The van der Waals surface area contributed by atoms with Crippen molar-refractivity contribution in [2.45, 2.75) is 6.42 Å². The molecule has 1 radical (unpaired) electrons. The van der Waals surface area contributed by atoms with Gasteiger partial charge in [-0.15, -0.1) is 0 Å². The zero-order valence-electron chi connectivity index (χ0n) is 4.29. The van der Waals surface area contributed by atoms with Crippen molar-refractivity contribution in [1.29, 1.82) is 0 Å². The Kier molecular flexibility index (Phi) is 3.97. The summed E-state index contributed by atoms with van der Waals surface area (Å²) in [5, 5.41) is 18.0. The molecule has 0 spiro atoms. The van der Waals surface area contributed by atoms with Crippen molar-refractivity contribution in [2.24, 2.45) is 0 Å². The molecule has 0 aliphatic heterocycles. The molecule has 0 fully saturated rings. The van der Waals surface area contributed by atoms with Crippen molar-refractivity contribution in [2.75, 3.05) is 6.61 Å². The van der Waals surface area contributed by atoms with Gasteiger partial charge in [0.15, 0.2) is 0 Å². The van der Waals surface area contributed by atoms with E-state index in [-0.39, 0.29) is 6.61 Å². The number of hydrogen-bond acceptors (Lipinski definition) is 2. The molecule has 0 saturated carbocycles. The summed E-state index contributed by atoms with van der Waals surface area (Å²) >= 11 is 0. The molecule has 0 aromatic carbocycles. The van der Waals surface area contributed by atoms with Crippen LogP contribution in [0.25, 0.3) is 0 Å². The van der Waals surface area contributed by atoms with Gasteiger partial charge in [0.25, 0.3) is 0 Å². The molecule has 0 aromatic rings. The van der Waals surface area contributed by atoms with Gasteiger partial charge in [0.2, 0.25) is 0 Å². The van der Waals surface area contributed by atoms with Gasteiger partial charge in [-0.05, 0) is 6.42 Å². The summed E-state index contributed by atoms with van der Waals surface area (Å²) in [5.41, 5.74) is 0. The van der Waals surface area contributed by atoms with Gasteiger partial charge >= 0.3 is 6.09 Å². The van der Waals surface area contributed by atoms with Gasteiger partial charge in [-0.25, -0.2) is 4.79 Å². The van der Waals surface area contributed by atoms with E-state index in [1.165, 1.54) is 6.54 Å². The first-order chi connectivity index (χ1) is 3.77. The monoisotopic (exact) mass is 118 g/mol. The highest BCUT2D eigenvalue weighted by molar-refractivity contribution is 5.65. The number of carbonyl (C=O) groups is 1. The highest BCUT2D eigenvalue weighted by Crippen LogP contribution is 1.77. The van der Waals surface area contributed by atoms with Gasteiger partial charge < -0.3 is 15.5 Å². The normalized spacial score (nSPS) is 8.62. The van der Waals surface area contributed by atoms with Gasteiger partial charge in [0, 0.05) is 6.61 Å². The molecule has 8 heavy (non-hydrogen) atoms. The topological polar surface area (TPSA) is 69.6 Å². The molecule has 0 atom stereocenters. The van der Waals surface area contributed by atoms with E-state index in [0.717, 1.165) is 0 Å². The highest BCUT2D eigenvalue weighted by atomic mass is 16.4. The van der Waals surface area contributed by atoms with E-state index < -0.39 is 6.09 Å². The van der Waals surface area contributed by atoms with Crippen LogP contribution in [0.2, 0.25) is 0 Å². The summed E-state index contributed by atoms with van der Waals surface area (Å²) in [5.74, 6) is 0. The molecular formula is C4H8NO3. The highest BCUT2D eigenvalue weighted by Gasteiger charge is 1.90. The van der Waals surface area contributed by atoms with Crippen LogP contribution >= 0.6 is 0 Å². The summed E-state index contributed by atoms with van der Waals surface area (Å²) in [7, 11) is 0. The van der Waals surface area contributed by atoms with E-state index in [9.17, 15) is 4.79 Å². The van der Waals surface area contributed by atoms with Crippen LogP contribution in [0.3, 0.4) is 0 Å². The van der Waals surface area contributed by atoms with Crippen LogP contribution in [0, 0.1) is 6.54 Å². The molecule has 4 nitrogen and oxygen atoms in total. The summed E-state index contributed by atoms with van der Waals surface area (Å²) in [6.07, 6.45) is -0.745. The van der Waals surface area contributed by atoms with Gasteiger partial charge in [-0.2, -0.15) is 0 Å². The van der Waals surface area contributed by atoms with E-state index >= 15 is 0 Å². The Morgan fingerprint density at radius 1 is 1.75 bits per heavy atom. The fraction of sp³-hybridized carbons (Fsp3) is 0.500. The summed E-state index contributed by atoms with van der Waals surface area (Å²) in [4.78, 5) is 9.65.